The van der Waals surface area contributed by atoms with E-state index in [2.05, 4.69) is 27.0 Å². The largest absolute Gasteiger partial charge is 0.441 e. The highest BCUT2D eigenvalue weighted by Gasteiger charge is 2.23. The number of rotatable bonds is 4. The van der Waals surface area contributed by atoms with Gasteiger partial charge in [-0.3, -0.25) is 9.78 Å². The molecule has 1 amide bonds. The van der Waals surface area contributed by atoms with Crippen LogP contribution in [-0.4, -0.2) is 47.0 Å². The molecule has 6 heteroatoms. The van der Waals surface area contributed by atoms with E-state index in [0.717, 1.165) is 31.7 Å². The molecule has 1 aliphatic heterocycles. The van der Waals surface area contributed by atoms with Gasteiger partial charge in [0.1, 0.15) is 5.76 Å². The summed E-state index contributed by atoms with van der Waals surface area (Å²) in [6.45, 7) is 4.98. The van der Waals surface area contributed by atoms with Crippen molar-refractivity contribution in [3.8, 4) is 11.5 Å². The van der Waals surface area contributed by atoms with Gasteiger partial charge in [-0.1, -0.05) is 18.2 Å². The lowest BCUT2D eigenvalue weighted by molar-refractivity contribution is -0.130. The maximum atomic E-state index is 12.7. The normalized spacial score (nSPS) is 14.4. The van der Waals surface area contributed by atoms with E-state index < -0.39 is 0 Å². The molecule has 1 saturated heterocycles. The molecule has 4 rings (SSSR count). The SMILES string of the molecule is Cc1oc(-c2cccnc2)nc1CC(=O)N1CCN(c2ccccc2)CC1. The molecule has 3 heterocycles. The van der Waals surface area contributed by atoms with Crippen molar-refractivity contribution in [1.29, 1.82) is 0 Å². The van der Waals surface area contributed by atoms with Crippen LogP contribution in [-0.2, 0) is 11.2 Å². The van der Waals surface area contributed by atoms with Crippen LogP contribution in [0.3, 0.4) is 0 Å². The van der Waals surface area contributed by atoms with E-state index in [0.29, 0.717) is 17.3 Å². The first-order valence-electron chi connectivity index (χ1n) is 9.15. The summed E-state index contributed by atoms with van der Waals surface area (Å²) in [5.41, 5.74) is 2.72. The fourth-order valence-corrected chi connectivity index (χ4v) is 3.31. The van der Waals surface area contributed by atoms with Crippen LogP contribution in [0.25, 0.3) is 11.5 Å². The lowest BCUT2D eigenvalue weighted by Gasteiger charge is -2.36. The van der Waals surface area contributed by atoms with Crippen molar-refractivity contribution in [3.05, 3.63) is 66.3 Å². The predicted octanol–water partition coefficient (Wildman–Crippen LogP) is 2.94. The molecule has 2 aromatic heterocycles. The zero-order valence-corrected chi connectivity index (χ0v) is 15.3. The van der Waals surface area contributed by atoms with Crippen molar-refractivity contribution in [2.75, 3.05) is 31.1 Å². The molecule has 1 aliphatic rings. The first-order valence-corrected chi connectivity index (χ1v) is 9.15. The van der Waals surface area contributed by atoms with Gasteiger partial charge in [0.15, 0.2) is 0 Å². The maximum absolute atomic E-state index is 12.7. The number of pyridine rings is 1. The second-order valence-corrected chi connectivity index (χ2v) is 6.64. The number of aryl methyl sites for hydroxylation is 1. The molecule has 27 heavy (non-hydrogen) atoms. The van der Waals surface area contributed by atoms with Crippen LogP contribution in [0.4, 0.5) is 5.69 Å². The number of para-hydroxylation sites is 1. The van der Waals surface area contributed by atoms with Crippen LogP contribution in [0, 0.1) is 6.92 Å². The molecule has 0 aliphatic carbocycles. The van der Waals surface area contributed by atoms with E-state index >= 15 is 0 Å². The molecule has 0 bridgehead atoms. The number of amides is 1. The number of benzene rings is 1. The van der Waals surface area contributed by atoms with Gasteiger partial charge in [0, 0.05) is 44.3 Å². The van der Waals surface area contributed by atoms with E-state index in [1.54, 1.807) is 12.4 Å². The second kappa shape index (κ2) is 7.61. The topological polar surface area (TPSA) is 62.5 Å². The highest BCUT2D eigenvalue weighted by Crippen LogP contribution is 2.22. The summed E-state index contributed by atoms with van der Waals surface area (Å²) in [6, 6.07) is 14.0. The van der Waals surface area contributed by atoms with Gasteiger partial charge in [0.2, 0.25) is 11.8 Å². The average Bonchev–Trinajstić information content (AvgIpc) is 3.10. The Labute approximate surface area is 158 Å². The molecule has 1 fully saturated rings. The van der Waals surface area contributed by atoms with Crippen LogP contribution in [0.5, 0.6) is 0 Å². The Morgan fingerprint density at radius 3 is 2.56 bits per heavy atom. The van der Waals surface area contributed by atoms with Crippen LogP contribution < -0.4 is 4.90 Å². The molecule has 6 nitrogen and oxygen atoms in total. The Bertz CT molecular complexity index is 900. The van der Waals surface area contributed by atoms with Crippen molar-refractivity contribution in [2.24, 2.45) is 0 Å². The van der Waals surface area contributed by atoms with Crippen molar-refractivity contribution in [3.63, 3.8) is 0 Å². The molecule has 0 N–H and O–H groups in total. The number of carbonyl (C=O) groups excluding carboxylic acids is 1. The summed E-state index contributed by atoms with van der Waals surface area (Å²) in [5, 5.41) is 0. The molecule has 138 valence electrons. The third-order valence-corrected chi connectivity index (χ3v) is 4.87. The van der Waals surface area contributed by atoms with Crippen LogP contribution in [0.1, 0.15) is 11.5 Å². The summed E-state index contributed by atoms with van der Waals surface area (Å²) >= 11 is 0. The first-order chi connectivity index (χ1) is 13.2. The van der Waals surface area contributed by atoms with Crippen LogP contribution >= 0.6 is 0 Å². The Morgan fingerprint density at radius 2 is 1.85 bits per heavy atom. The molecule has 0 spiro atoms. The minimum Gasteiger partial charge on any atom is -0.441 e. The van der Waals surface area contributed by atoms with Crippen molar-refractivity contribution in [1.82, 2.24) is 14.9 Å². The van der Waals surface area contributed by atoms with Crippen LogP contribution in [0.2, 0.25) is 0 Å². The number of nitrogens with zero attached hydrogens (tertiary/aromatic N) is 4. The number of piperazine rings is 1. The molecular formula is C21H22N4O2. The van der Waals surface area contributed by atoms with Crippen molar-refractivity contribution in [2.45, 2.75) is 13.3 Å². The van der Waals surface area contributed by atoms with Gasteiger partial charge in [-0.25, -0.2) is 4.98 Å². The first kappa shape index (κ1) is 17.3. The fourth-order valence-electron chi connectivity index (χ4n) is 3.31. The minimum atomic E-state index is 0.0943. The fraction of sp³-hybridized carbons (Fsp3) is 0.286. The highest BCUT2D eigenvalue weighted by molar-refractivity contribution is 5.79. The molecule has 1 aromatic carbocycles. The third kappa shape index (κ3) is 3.84. The zero-order chi connectivity index (χ0) is 18.6. The molecule has 3 aromatic rings. The quantitative estimate of drug-likeness (QED) is 0.714. The van der Waals surface area contributed by atoms with Crippen molar-refractivity contribution < 1.29 is 9.21 Å². The predicted molar refractivity (Wildman–Crippen MR) is 103 cm³/mol. The Kier molecular flexibility index (Phi) is 4.87. The van der Waals surface area contributed by atoms with Gasteiger partial charge in [-0.2, -0.15) is 0 Å². The number of aromatic nitrogens is 2. The second-order valence-electron chi connectivity index (χ2n) is 6.64. The Morgan fingerprint density at radius 1 is 1.07 bits per heavy atom. The summed E-state index contributed by atoms with van der Waals surface area (Å²) in [4.78, 5) is 25.5. The van der Waals surface area contributed by atoms with Gasteiger partial charge in [0.25, 0.3) is 0 Å². The number of carbonyl (C=O) groups is 1. The van der Waals surface area contributed by atoms with Gasteiger partial charge in [-0.05, 0) is 31.2 Å². The molecule has 0 atom stereocenters. The van der Waals surface area contributed by atoms with E-state index in [9.17, 15) is 4.79 Å². The number of oxazole rings is 1. The summed E-state index contributed by atoms with van der Waals surface area (Å²) in [7, 11) is 0. The molecule has 0 radical (unpaired) electrons. The summed E-state index contributed by atoms with van der Waals surface area (Å²) < 4.78 is 5.73. The smallest absolute Gasteiger partial charge is 0.228 e. The van der Waals surface area contributed by atoms with E-state index in [4.69, 9.17) is 4.42 Å². The Balaban J connectivity index is 1.38. The summed E-state index contributed by atoms with van der Waals surface area (Å²) in [5.74, 6) is 1.29. The molecule has 0 saturated carbocycles. The van der Waals surface area contributed by atoms with Gasteiger partial charge in [-0.15, -0.1) is 0 Å². The van der Waals surface area contributed by atoms with Crippen LogP contribution in [0.15, 0.2) is 59.3 Å². The van der Waals surface area contributed by atoms with Gasteiger partial charge < -0.3 is 14.2 Å². The van der Waals surface area contributed by atoms with E-state index in [1.807, 2.05) is 42.2 Å². The lowest BCUT2D eigenvalue weighted by Crippen LogP contribution is -2.49. The maximum Gasteiger partial charge on any atom is 0.228 e. The number of anilines is 1. The van der Waals surface area contributed by atoms with Gasteiger partial charge >= 0.3 is 0 Å². The van der Waals surface area contributed by atoms with E-state index in [1.165, 1.54) is 5.69 Å². The minimum absolute atomic E-state index is 0.0943. The zero-order valence-electron chi connectivity index (χ0n) is 15.3. The monoisotopic (exact) mass is 362 g/mol. The molecule has 0 unspecified atom stereocenters. The van der Waals surface area contributed by atoms with Crippen molar-refractivity contribution >= 4 is 11.6 Å². The Hall–Kier alpha value is -3.15. The molecular weight excluding hydrogens is 340 g/mol. The van der Waals surface area contributed by atoms with Gasteiger partial charge in [0.05, 0.1) is 17.7 Å². The standard InChI is InChI=1S/C21H22N4O2/c1-16-19(23-21(27-16)17-6-5-9-22-15-17)14-20(26)25-12-10-24(11-13-25)18-7-3-2-4-8-18/h2-9,15H,10-14H2,1H3. The third-order valence-electron chi connectivity index (χ3n) is 4.87. The number of hydrogen-bond donors (Lipinski definition) is 0. The van der Waals surface area contributed by atoms with E-state index in [-0.39, 0.29) is 12.3 Å². The summed E-state index contributed by atoms with van der Waals surface area (Å²) in [6.07, 6.45) is 3.68. The lowest BCUT2D eigenvalue weighted by atomic mass is 10.2. The average molecular weight is 362 g/mol. The highest BCUT2D eigenvalue weighted by atomic mass is 16.4. The number of hydrogen-bond acceptors (Lipinski definition) is 5.